The van der Waals surface area contributed by atoms with Crippen molar-refractivity contribution in [1.29, 1.82) is 0 Å². The standard InChI is InChI=1S/C23H30N4/c1-2-26-12-14-27(15-13-26)18-20-8-6-19(7-9-20)16-24-17-21-4-3-5-23-22(21)10-11-25-23/h3-11,24-25H,2,12-18H2,1H3. The van der Waals surface area contributed by atoms with Gasteiger partial charge in [-0.15, -0.1) is 0 Å². The van der Waals surface area contributed by atoms with Gasteiger partial charge in [0.2, 0.25) is 0 Å². The second-order valence-electron chi connectivity index (χ2n) is 7.49. The molecule has 4 nitrogen and oxygen atoms in total. The minimum absolute atomic E-state index is 0.888. The number of benzene rings is 2. The molecule has 2 heterocycles. The SMILES string of the molecule is CCN1CCN(Cc2ccc(CNCc3cccc4[nH]ccc34)cc2)CC1. The molecule has 0 amide bonds. The van der Waals surface area contributed by atoms with Crippen LogP contribution in [0.4, 0.5) is 0 Å². The Hall–Kier alpha value is -2.14. The van der Waals surface area contributed by atoms with Gasteiger partial charge in [0, 0.05) is 62.9 Å². The van der Waals surface area contributed by atoms with Crippen LogP contribution in [0.5, 0.6) is 0 Å². The number of nitrogens with zero attached hydrogens (tertiary/aromatic N) is 2. The van der Waals surface area contributed by atoms with Crippen LogP contribution in [0.25, 0.3) is 10.9 Å². The van der Waals surface area contributed by atoms with Crippen molar-refractivity contribution in [2.75, 3.05) is 32.7 Å². The van der Waals surface area contributed by atoms with Crippen LogP contribution in [0.2, 0.25) is 0 Å². The molecule has 2 N–H and O–H groups in total. The van der Waals surface area contributed by atoms with Crippen molar-refractivity contribution in [3.8, 4) is 0 Å². The molecule has 3 aromatic rings. The molecule has 27 heavy (non-hydrogen) atoms. The first-order chi connectivity index (χ1) is 13.3. The highest BCUT2D eigenvalue weighted by molar-refractivity contribution is 5.82. The number of aromatic nitrogens is 1. The van der Waals surface area contributed by atoms with Gasteiger partial charge in [0.1, 0.15) is 0 Å². The van der Waals surface area contributed by atoms with Crippen LogP contribution in [0.1, 0.15) is 23.6 Å². The molecule has 1 aromatic heterocycles. The van der Waals surface area contributed by atoms with E-state index < -0.39 is 0 Å². The molecule has 4 heteroatoms. The Bertz CT molecular complexity index is 844. The van der Waals surface area contributed by atoms with Gasteiger partial charge in [-0.05, 0) is 35.4 Å². The van der Waals surface area contributed by atoms with Gasteiger partial charge in [-0.1, -0.05) is 43.3 Å². The smallest absolute Gasteiger partial charge is 0.0457 e. The van der Waals surface area contributed by atoms with E-state index in [1.54, 1.807) is 0 Å². The zero-order valence-corrected chi connectivity index (χ0v) is 16.2. The number of H-pyrrole nitrogens is 1. The van der Waals surface area contributed by atoms with E-state index in [1.165, 1.54) is 60.3 Å². The minimum Gasteiger partial charge on any atom is -0.361 e. The van der Waals surface area contributed by atoms with Crippen molar-refractivity contribution in [2.24, 2.45) is 0 Å². The second-order valence-corrected chi connectivity index (χ2v) is 7.49. The molecule has 0 spiro atoms. The Morgan fingerprint density at radius 2 is 1.59 bits per heavy atom. The number of fused-ring (bicyclic) bond motifs is 1. The van der Waals surface area contributed by atoms with E-state index in [-0.39, 0.29) is 0 Å². The van der Waals surface area contributed by atoms with E-state index in [4.69, 9.17) is 0 Å². The molecule has 0 radical (unpaired) electrons. The van der Waals surface area contributed by atoms with E-state index in [1.807, 2.05) is 6.20 Å². The molecule has 1 aliphatic rings. The highest BCUT2D eigenvalue weighted by Crippen LogP contribution is 2.17. The summed E-state index contributed by atoms with van der Waals surface area (Å²) in [5.74, 6) is 0. The van der Waals surface area contributed by atoms with Gasteiger partial charge < -0.3 is 15.2 Å². The third-order valence-corrected chi connectivity index (χ3v) is 5.67. The normalized spacial score (nSPS) is 16.2. The maximum absolute atomic E-state index is 3.58. The van der Waals surface area contributed by atoms with Gasteiger partial charge >= 0.3 is 0 Å². The highest BCUT2D eigenvalue weighted by atomic mass is 15.3. The summed E-state index contributed by atoms with van der Waals surface area (Å²) in [5.41, 5.74) is 5.31. The minimum atomic E-state index is 0.888. The Kier molecular flexibility index (Phi) is 5.87. The maximum atomic E-state index is 3.58. The number of rotatable bonds is 7. The molecule has 1 saturated heterocycles. The fourth-order valence-corrected chi connectivity index (χ4v) is 3.93. The molecule has 1 aliphatic heterocycles. The predicted octanol–water partition coefficient (Wildman–Crippen LogP) is 3.60. The molecule has 4 rings (SSSR count). The Labute approximate surface area is 162 Å². The average molecular weight is 363 g/mol. The van der Waals surface area contributed by atoms with E-state index in [9.17, 15) is 0 Å². The summed E-state index contributed by atoms with van der Waals surface area (Å²) < 4.78 is 0. The van der Waals surface area contributed by atoms with Crippen molar-refractivity contribution in [3.05, 3.63) is 71.4 Å². The predicted molar refractivity (Wildman–Crippen MR) is 113 cm³/mol. The molecule has 0 atom stereocenters. The lowest BCUT2D eigenvalue weighted by atomic mass is 10.1. The number of piperazine rings is 1. The van der Waals surface area contributed by atoms with E-state index in [0.29, 0.717) is 0 Å². The van der Waals surface area contributed by atoms with Gasteiger partial charge in [0.05, 0.1) is 0 Å². The van der Waals surface area contributed by atoms with Gasteiger partial charge in [-0.3, -0.25) is 4.90 Å². The van der Waals surface area contributed by atoms with Crippen molar-refractivity contribution in [3.63, 3.8) is 0 Å². The monoisotopic (exact) mass is 362 g/mol. The number of likely N-dealkylation sites (N-methyl/N-ethyl adjacent to an activating group) is 1. The summed E-state index contributed by atoms with van der Waals surface area (Å²) in [5, 5.41) is 4.89. The van der Waals surface area contributed by atoms with Crippen molar-refractivity contribution < 1.29 is 0 Å². The van der Waals surface area contributed by atoms with Crippen molar-refractivity contribution in [1.82, 2.24) is 20.1 Å². The van der Waals surface area contributed by atoms with Crippen molar-refractivity contribution in [2.45, 2.75) is 26.6 Å². The van der Waals surface area contributed by atoms with Crippen LogP contribution < -0.4 is 5.32 Å². The number of hydrogen-bond donors (Lipinski definition) is 2. The summed E-state index contributed by atoms with van der Waals surface area (Å²) in [6.45, 7) is 11.0. The lowest BCUT2D eigenvalue weighted by Crippen LogP contribution is -2.45. The number of nitrogens with one attached hydrogen (secondary N) is 2. The molecule has 1 fully saturated rings. The summed E-state index contributed by atoms with van der Waals surface area (Å²) in [6, 6.07) is 17.7. The quantitative estimate of drug-likeness (QED) is 0.674. The first kappa shape index (κ1) is 18.2. The summed E-state index contributed by atoms with van der Waals surface area (Å²) >= 11 is 0. The molecule has 0 unspecified atom stereocenters. The molecule has 142 valence electrons. The van der Waals surface area contributed by atoms with Crippen LogP contribution in [0.3, 0.4) is 0 Å². The van der Waals surface area contributed by atoms with Crippen LogP contribution >= 0.6 is 0 Å². The topological polar surface area (TPSA) is 34.3 Å². The lowest BCUT2D eigenvalue weighted by Gasteiger charge is -2.34. The third-order valence-electron chi connectivity index (χ3n) is 5.67. The first-order valence-electron chi connectivity index (χ1n) is 10.1. The Balaban J connectivity index is 1.26. The second kappa shape index (κ2) is 8.70. The lowest BCUT2D eigenvalue weighted by molar-refractivity contribution is 0.132. The molecule has 0 bridgehead atoms. The van der Waals surface area contributed by atoms with Gasteiger partial charge in [-0.2, -0.15) is 0 Å². The van der Waals surface area contributed by atoms with E-state index in [0.717, 1.165) is 19.6 Å². The maximum Gasteiger partial charge on any atom is 0.0457 e. The van der Waals surface area contributed by atoms with Crippen molar-refractivity contribution >= 4 is 10.9 Å². The van der Waals surface area contributed by atoms with Crippen LogP contribution in [0.15, 0.2) is 54.7 Å². The highest BCUT2D eigenvalue weighted by Gasteiger charge is 2.15. The van der Waals surface area contributed by atoms with Crippen LogP contribution in [0, 0.1) is 0 Å². The molecule has 0 saturated carbocycles. The van der Waals surface area contributed by atoms with Gasteiger partial charge in [0.15, 0.2) is 0 Å². The van der Waals surface area contributed by atoms with Gasteiger partial charge in [-0.25, -0.2) is 0 Å². The first-order valence-corrected chi connectivity index (χ1v) is 10.1. The van der Waals surface area contributed by atoms with Crippen LogP contribution in [-0.4, -0.2) is 47.5 Å². The summed E-state index contributed by atoms with van der Waals surface area (Å²) in [4.78, 5) is 8.37. The third kappa shape index (κ3) is 4.59. The average Bonchev–Trinajstić information content (AvgIpc) is 3.20. The van der Waals surface area contributed by atoms with Gasteiger partial charge in [0.25, 0.3) is 0 Å². The molecule has 0 aliphatic carbocycles. The molecular weight excluding hydrogens is 332 g/mol. The Morgan fingerprint density at radius 3 is 2.37 bits per heavy atom. The van der Waals surface area contributed by atoms with E-state index >= 15 is 0 Å². The molecule has 2 aromatic carbocycles. The Morgan fingerprint density at radius 1 is 0.852 bits per heavy atom. The fourth-order valence-electron chi connectivity index (χ4n) is 3.93. The zero-order valence-electron chi connectivity index (χ0n) is 16.2. The number of aromatic amines is 1. The molecular formula is C23H30N4. The zero-order chi connectivity index (χ0) is 18.5. The summed E-state index contributed by atoms with van der Waals surface area (Å²) in [6.07, 6.45) is 2.01. The number of hydrogen-bond acceptors (Lipinski definition) is 3. The van der Waals surface area contributed by atoms with Crippen LogP contribution in [-0.2, 0) is 19.6 Å². The fraction of sp³-hybridized carbons (Fsp3) is 0.391. The van der Waals surface area contributed by atoms with E-state index in [2.05, 4.69) is 75.6 Å². The summed E-state index contributed by atoms with van der Waals surface area (Å²) in [7, 11) is 0. The largest absolute Gasteiger partial charge is 0.361 e.